The fourth-order valence-corrected chi connectivity index (χ4v) is 3.82. The number of hydrogen-bond donors (Lipinski definition) is 2. The van der Waals surface area contributed by atoms with Gasteiger partial charge in [0, 0.05) is 4.88 Å². The summed E-state index contributed by atoms with van der Waals surface area (Å²) in [5.41, 5.74) is 1.77. The number of rotatable bonds is 4. The molecule has 2 amide bonds. The molecule has 0 spiro atoms. The number of nitrogens with zero attached hydrogens (tertiary/aromatic N) is 1. The highest BCUT2D eigenvalue weighted by atomic mass is 32.1. The summed E-state index contributed by atoms with van der Waals surface area (Å²) in [6, 6.07) is 3.97. The normalized spacial score (nSPS) is 14.6. The van der Waals surface area contributed by atoms with E-state index in [9.17, 15) is 9.18 Å². The van der Waals surface area contributed by atoms with E-state index in [-0.39, 0.29) is 17.8 Å². The highest BCUT2D eigenvalue weighted by molar-refractivity contribution is 7.15. The second kappa shape index (κ2) is 7.17. The number of urea groups is 1. The quantitative estimate of drug-likeness (QED) is 0.875. The highest BCUT2D eigenvalue weighted by Gasteiger charge is 2.17. The van der Waals surface area contributed by atoms with E-state index in [4.69, 9.17) is 4.74 Å². The number of ether oxygens (including phenoxy) is 1. The van der Waals surface area contributed by atoms with Crippen molar-refractivity contribution in [2.75, 3.05) is 12.4 Å². The molecule has 1 aromatic carbocycles. The number of anilines is 1. The number of fused-ring (bicyclic) bond motifs is 1. The second-order valence-corrected chi connectivity index (χ2v) is 6.89. The third kappa shape index (κ3) is 3.67. The van der Waals surface area contributed by atoms with E-state index in [0.29, 0.717) is 10.7 Å². The smallest absolute Gasteiger partial charge is 0.321 e. The number of aryl methyl sites for hydroxylation is 2. The van der Waals surface area contributed by atoms with Gasteiger partial charge in [0.15, 0.2) is 16.7 Å². The summed E-state index contributed by atoms with van der Waals surface area (Å²) >= 11 is 1.53. The van der Waals surface area contributed by atoms with Crippen LogP contribution in [0.3, 0.4) is 0 Å². The first-order chi connectivity index (χ1) is 11.6. The number of amides is 2. The Balaban J connectivity index is 1.61. The van der Waals surface area contributed by atoms with Gasteiger partial charge in [-0.2, -0.15) is 0 Å². The number of aromatic nitrogens is 1. The summed E-state index contributed by atoms with van der Waals surface area (Å²) in [6.07, 6.45) is 4.36. The number of hydrogen-bond acceptors (Lipinski definition) is 4. The van der Waals surface area contributed by atoms with Crippen LogP contribution in [-0.2, 0) is 12.8 Å². The molecule has 0 fully saturated rings. The molecule has 1 aliphatic rings. The molecule has 1 atom stereocenters. The molecule has 2 N–H and O–H groups in total. The zero-order valence-electron chi connectivity index (χ0n) is 13.7. The molecule has 0 aliphatic heterocycles. The van der Waals surface area contributed by atoms with Gasteiger partial charge in [-0.05, 0) is 50.3 Å². The van der Waals surface area contributed by atoms with Gasteiger partial charge in [0.2, 0.25) is 0 Å². The lowest BCUT2D eigenvalue weighted by molar-refractivity contribution is 0.249. The standard InChI is InChI=1S/C17H20FN3O2S/c1-10(11-7-8-14(23-2)12(18)9-11)19-16(22)21-17-20-13-5-3-4-6-15(13)24-17/h7-10H,3-6H2,1-2H3,(H2,19,20,21,22). The van der Waals surface area contributed by atoms with E-state index < -0.39 is 5.82 Å². The monoisotopic (exact) mass is 349 g/mol. The van der Waals surface area contributed by atoms with Crippen molar-refractivity contribution >= 4 is 22.5 Å². The fourth-order valence-electron chi connectivity index (χ4n) is 2.77. The van der Waals surface area contributed by atoms with Crippen LogP contribution < -0.4 is 15.4 Å². The molecular formula is C17H20FN3O2S. The summed E-state index contributed by atoms with van der Waals surface area (Å²) < 4.78 is 18.7. The number of thiazole rings is 1. The minimum atomic E-state index is -0.448. The first-order valence-electron chi connectivity index (χ1n) is 7.96. The second-order valence-electron chi connectivity index (χ2n) is 5.81. The Kier molecular flexibility index (Phi) is 4.99. The van der Waals surface area contributed by atoms with E-state index in [2.05, 4.69) is 15.6 Å². The van der Waals surface area contributed by atoms with Crippen molar-refractivity contribution in [3.63, 3.8) is 0 Å². The van der Waals surface area contributed by atoms with E-state index >= 15 is 0 Å². The number of carbonyl (C=O) groups excluding carboxylic acids is 1. The molecule has 3 rings (SSSR count). The molecule has 1 unspecified atom stereocenters. The summed E-state index contributed by atoms with van der Waals surface area (Å²) in [4.78, 5) is 17.9. The van der Waals surface area contributed by atoms with E-state index in [0.717, 1.165) is 25.0 Å². The third-order valence-corrected chi connectivity index (χ3v) is 5.16. The minimum absolute atomic E-state index is 0.184. The Labute approximate surface area is 144 Å². The molecule has 5 nitrogen and oxygen atoms in total. The lowest BCUT2D eigenvalue weighted by Gasteiger charge is -2.15. The molecule has 1 aromatic heterocycles. The zero-order chi connectivity index (χ0) is 17.1. The molecule has 2 aromatic rings. The molecule has 0 radical (unpaired) electrons. The summed E-state index contributed by atoms with van der Waals surface area (Å²) in [5, 5.41) is 6.19. The number of nitrogens with one attached hydrogen (secondary N) is 2. The van der Waals surface area contributed by atoms with E-state index in [1.807, 2.05) is 0 Å². The first-order valence-corrected chi connectivity index (χ1v) is 8.78. The van der Waals surface area contributed by atoms with Crippen LogP contribution in [0, 0.1) is 5.82 Å². The predicted molar refractivity (Wildman–Crippen MR) is 92.3 cm³/mol. The maximum atomic E-state index is 13.8. The van der Waals surface area contributed by atoms with Crippen molar-refractivity contribution in [3.8, 4) is 5.75 Å². The Morgan fingerprint density at radius 2 is 2.17 bits per heavy atom. The van der Waals surface area contributed by atoms with Crippen LogP contribution in [0.15, 0.2) is 18.2 Å². The number of halogens is 1. The Hall–Kier alpha value is -2.15. The number of benzene rings is 1. The molecule has 24 heavy (non-hydrogen) atoms. The summed E-state index contributed by atoms with van der Waals surface area (Å²) in [5.74, 6) is -0.263. The van der Waals surface area contributed by atoms with Gasteiger partial charge >= 0.3 is 6.03 Å². The van der Waals surface area contributed by atoms with Gasteiger partial charge in [-0.1, -0.05) is 6.07 Å². The molecule has 1 heterocycles. The van der Waals surface area contributed by atoms with Crippen LogP contribution in [0.25, 0.3) is 0 Å². The molecular weight excluding hydrogens is 329 g/mol. The average molecular weight is 349 g/mol. The van der Waals surface area contributed by atoms with Crippen LogP contribution >= 0.6 is 11.3 Å². The van der Waals surface area contributed by atoms with Crippen LogP contribution in [-0.4, -0.2) is 18.1 Å². The highest BCUT2D eigenvalue weighted by Crippen LogP contribution is 2.29. The summed E-state index contributed by atoms with van der Waals surface area (Å²) in [6.45, 7) is 1.80. The van der Waals surface area contributed by atoms with Gasteiger partial charge < -0.3 is 10.1 Å². The van der Waals surface area contributed by atoms with Gasteiger partial charge in [-0.25, -0.2) is 14.2 Å². The van der Waals surface area contributed by atoms with Gasteiger partial charge in [-0.3, -0.25) is 5.32 Å². The molecule has 0 bridgehead atoms. The van der Waals surface area contributed by atoms with Crippen LogP contribution in [0.5, 0.6) is 5.75 Å². The molecule has 7 heteroatoms. The third-order valence-electron chi connectivity index (χ3n) is 4.09. The molecule has 128 valence electrons. The van der Waals surface area contributed by atoms with Crippen LogP contribution in [0.4, 0.5) is 14.3 Å². The summed E-state index contributed by atoms with van der Waals surface area (Å²) in [7, 11) is 1.42. The van der Waals surface area contributed by atoms with Gasteiger partial charge in [0.05, 0.1) is 18.8 Å². The molecule has 0 saturated heterocycles. The maximum absolute atomic E-state index is 13.8. The Morgan fingerprint density at radius 3 is 2.88 bits per heavy atom. The SMILES string of the molecule is COc1ccc(C(C)NC(=O)Nc2nc3c(s2)CCCC3)cc1F. The number of methoxy groups -OCH3 is 1. The first kappa shape index (κ1) is 16.7. The molecule has 0 saturated carbocycles. The van der Waals surface area contributed by atoms with Crippen LogP contribution in [0.1, 0.15) is 41.9 Å². The Morgan fingerprint density at radius 1 is 1.38 bits per heavy atom. The van der Waals surface area contributed by atoms with Crippen molar-refractivity contribution in [1.82, 2.24) is 10.3 Å². The van der Waals surface area contributed by atoms with Crippen molar-refractivity contribution in [2.45, 2.75) is 38.6 Å². The number of carbonyl (C=O) groups is 1. The van der Waals surface area contributed by atoms with Crippen molar-refractivity contribution < 1.29 is 13.9 Å². The maximum Gasteiger partial charge on any atom is 0.321 e. The average Bonchev–Trinajstić information content (AvgIpc) is 2.96. The van der Waals surface area contributed by atoms with Gasteiger partial charge in [0.25, 0.3) is 0 Å². The van der Waals surface area contributed by atoms with E-state index in [1.54, 1.807) is 19.1 Å². The zero-order valence-corrected chi connectivity index (χ0v) is 14.5. The fraction of sp³-hybridized carbons (Fsp3) is 0.412. The lowest BCUT2D eigenvalue weighted by Crippen LogP contribution is -2.31. The van der Waals surface area contributed by atoms with Gasteiger partial charge in [-0.15, -0.1) is 11.3 Å². The lowest BCUT2D eigenvalue weighted by atomic mass is 10.0. The van der Waals surface area contributed by atoms with Crippen LogP contribution in [0.2, 0.25) is 0 Å². The van der Waals surface area contributed by atoms with Gasteiger partial charge in [0.1, 0.15) is 0 Å². The molecule has 1 aliphatic carbocycles. The van der Waals surface area contributed by atoms with E-state index in [1.165, 1.54) is 35.8 Å². The minimum Gasteiger partial charge on any atom is -0.494 e. The van der Waals surface area contributed by atoms with Crippen molar-refractivity contribution in [2.24, 2.45) is 0 Å². The Bertz CT molecular complexity index is 724. The largest absolute Gasteiger partial charge is 0.494 e. The van der Waals surface area contributed by atoms with Crippen molar-refractivity contribution in [1.29, 1.82) is 0 Å². The predicted octanol–water partition coefficient (Wildman–Crippen LogP) is 4.05. The topological polar surface area (TPSA) is 63.2 Å². The van der Waals surface area contributed by atoms with Crippen molar-refractivity contribution in [3.05, 3.63) is 40.2 Å².